The fourth-order valence-corrected chi connectivity index (χ4v) is 2.80. The van der Waals surface area contributed by atoms with Gasteiger partial charge < -0.3 is 0 Å². The van der Waals surface area contributed by atoms with Crippen molar-refractivity contribution in [3.63, 3.8) is 0 Å². The summed E-state index contributed by atoms with van der Waals surface area (Å²) >= 11 is 0. The van der Waals surface area contributed by atoms with Crippen molar-refractivity contribution in [2.75, 3.05) is 0 Å². The summed E-state index contributed by atoms with van der Waals surface area (Å²) < 4.78 is 2.12. The number of para-hydroxylation sites is 2. The lowest BCUT2D eigenvalue weighted by Gasteiger charge is -2.07. The van der Waals surface area contributed by atoms with Crippen molar-refractivity contribution in [1.29, 1.82) is 0 Å². The van der Waals surface area contributed by atoms with Crippen LogP contribution in [0.1, 0.15) is 19.4 Å². The lowest BCUT2D eigenvalue weighted by molar-refractivity contribution is 1.09. The number of aryl methyl sites for hydroxylation is 1. The third-order valence-corrected chi connectivity index (χ3v) is 3.94. The first-order valence-corrected chi connectivity index (χ1v) is 8.27. The average molecular weight is 315 g/mol. The summed E-state index contributed by atoms with van der Waals surface area (Å²) in [6, 6.07) is 18.6. The van der Waals surface area contributed by atoms with Crippen LogP contribution in [-0.4, -0.2) is 14.5 Å². The van der Waals surface area contributed by atoms with Crippen molar-refractivity contribution in [3.8, 4) is 16.8 Å². The van der Waals surface area contributed by atoms with Gasteiger partial charge in [0.05, 0.1) is 11.0 Å². The zero-order chi connectivity index (χ0) is 16.9. The van der Waals surface area contributed by atoms with Gasteiger partial charge in [-0.05, 0) is 36.8 Å². The Kier molecular flexibility index (Phi) is 4.71. The second kappa shape index (κ2) is 7.09. The number of pyridine rings is 1. The van der Waals surface area contributed by atoms with Crippen LogP contribution in [0.4, 0.5) is 0 Å². The molecule has 2 aromatic heterocycles. The van der Waals surface area contributed by atoms with Gasteiger partial charge in [-0.2, -0.15) is 0 Å². The molecule has 0 saturated carbocycles. The molecule has 0 radical (unpaired) electrons. The molecule has 4 aromatic rings. The fourth-order valence-electron chi connectivity index (χ4n) is 2.80. The summed E-state index contributed by atoms with van der Waals surface area (Å²) in [4.78, 5) is 8.91. The Balaban J connectivity index is 0.000000815. The first kappa shape index (κ1) is 15.9. The molecule has 0 spiro atoms. The molecule has 4 rings (SSSR count). The maximum atomic E-state index is 4.65. The van der Waals surface area contributed by atoms with E-state index in [9.17, 15) is 0 Å². The summed E-state index contributed by atoms with van der Waals surface area (Å²) in [5, 5.41) is 0. The predicted molar refractivity (Wildman–Crippen MR) is 100 cm³/mol. The zero-order valence-corrected chi connectivity index (χ0v) is 14.3. The third kappa shape index (κ3) is 2.81. The van der Waals surface area contributed by atoms with E-state index in [1.807, 2.05) is 56.8 Å². The van der Waals surface area contributed by atoms with E-state index in [2.05, 4.69) is 51.8 Å². The van der Waals surface area contributed by atoms with Crippen molar-refractivity contribution in [2.45, 2.75) is 20.8 Å². The topological polar surface area (TPSA) is 30.7 Å². The quantitative estimate of drug-likeness (QED) is 0.494. The van der Waals surface area contributed by atoms with Gasteiger partial charge in [-0.3, -0.25) is 9.55 Å². The van der Waals surface area contributed by atoms with Crippen LogP contribution in [0.5, 0.6) is 0 Å². The lowest BCUT2D eigenvalue weighted by Crippen LogP contribution is -1.91. The number of nitrogens with zero attached hydrogens (tertiary/aromatic N) is 3. The second-order valence-corrected chi connectivity index (χ2v) is 5.31. The Morgan fingerprint density at radius 3 is 2.38 bits per heavy atom. The smallest absolute Gasteiger partial charge is 0.100 e. The minimum atomic E-state index is 1.00. The Bertz CT molecular complexity index is 940. The van der Waals surface area contributed by atoms with Gasteiger partial charge in [0.25, 0.3) is 0 Å². The van der Waals surface area contributed by atoms with Gasteiger partial charge in [-0.1, -0.05) is 44.2 Å². The van der Waals surface area contributed by atoms with E-state index in [-0.39, 0.29) is 0 Å². The van der Waals surface area contributed by atoms with E-state index in [0.29, 0.717) is 0 Å². The third-order valence-electron chi connectivity index (χ3n) is 3.94. The van der Waals surface area contributed by atoms with Gasteiger partial charge in [0.1, 0.15) is 6.33 Å². The second-order valence-electron chi connectivity index (χ2n) is 5.31. The normalized spacial score (nSPS) is 10.3. The molecule has 0 fully saturated rings. The molecule has 0 bridgehead atoms. The van der Waals surface area contributed by atoms with Crippen molar-refractivity contribution in [2.24, 2.45) is 0 Å². The highest BCUT2D eigenvalue weighted by molar-refractivity contribution is 5.93. The molecule has 3 nitrogen and oxygen atoms in total. The molecule has 0 aliphatic carbocycles. The number of fused-ring (bicyclic) bond motifs is 1. The Morgan fingerprint density at radius 1 is 0.833 bits per heavy atom. The summed E-state index contributed by atoms with van der Waals surface area (Å²) in [5.74, 6) is 0. The monoisotopic (exact) mass is 315 g/mol. The van der Waals surface area contributed by atoms with Gasteiger partial charge in [-0.15, -0.1) is 0 Å². The molecule has 0 N–H and O–H groups in total. The number of imidazole rings is 1. The number of aromatic nitrogens is 3. The largest absolute Gasteiger partial charge is 0.299 e. The SMILES string of the molecule is CC.Cc1ccncc1-c1cccc2c1ncn2-c1ccccc1. The molecule has 0 unspecified atom stereocenters. The molecule has 24 heavy (non-hydrogen) atoms. The van der Waals surface area contributed by atoms with Crippen molar-refractivity contribution in [1.82, 2.24) is 14.5 Å². The van der Waals surface area contributed by atoms with E-state index < -0.39 is 0 Å². The molecule has 120 valence electrons. The lowest BCUT2D eigenvalue weighted by atomic mass is 10.0. The molecule has 2 aromatic carbocycles. The molecule has 0 aliphatic heterocycles. The molecule has 0 aliphatic rings. The number of hydrogen-bond donors (Lipinski definition) is 0. The van der Waals surface area contributed by atoms with Gasteiger partial charge in [0.2, 0.25) is 0 Å². The maximum Gasteiger partial charge on any atom is 0.100 e. The van der Waals surface area contributed by atoms with E-state index in [0.717, 1.165) is 27.8 Å². The highest BCUT2D eigenvalue weighted by atomic mass is 15.0. The summed E-state index contributed by atoms with van der Waals surface area (Å²) in [7, 11) is 0. The van der Waals surface area contributed by atoms with Gasteiger partial charge in [-0.25, -0.2) is 4.98 Å². The van der Waals surface area contributed by atoms with Gasteiger partial charge in [0.15, 0.2) is 0 Å². The number of benzene rings is 2. The van der Waals surface area contributed by atoms with Crippen molar-refractivity contribution < 1.29 is 0 Å². The Hall–Kier alpha value is -2.94. The highest BCUT2D eigenvalue weighted by Gasteiger charge is 2.11. The summed E-state index contributed by atoms with van der Waals surface area (Å²) in [5.41, 5.74) is 6.68. The van der Waals surface area contributed by atoms with Crippen LogP contribution in [0.2, 0.25) is 0 Å². The Morgan fingerprint density at radius 2 is 1.62 bits per heavy atom. The van der Waals surface area contributed by atoms with Crippen LogP contribution >= 0.6 is 0 Å². The molecule has 0 amide bonds. The van der Waals surface area contributed by atoms with E-state index in [4.69, 9.17) is 0 Å². The van der Waals surface area contributed by atoms with E-state index in [1.54, 1.807) is 0 Å². The maximum absolute atomic E-state index is 4.65. The predicted octanol–water partition coefficient (Wildman–Crippen LogP) is 5.42. The fraction of sp³-hybridized carbons (Fsp3) is 0.143. The van der Waals surface area contributed by atoms with Crippen LogP contribution in [0.3, 0.4) is 0 Å². The zero-order valence-electron chi connectivity index (χ0n) is 14.3. The van der Waals surface area contributed by atoms with Crippen LogP contribution in [0.25, 0.3) is 27.8 Å². The van der Waals surface area contributed by atoms with Crippen LogP contribution < -0.4 is 0 Å². The first-order chi connectivity index (χ1) is 11.8. The molecule has 2 heterocycles. The van der Waals surface area contributed by atoms with Gasteiger partial charge >= 0.3 is 0 Å². The van der Waals surface area contributed by atoms with E-state index in [1.165, 1.54) is 5.56 Å². The summed E-state index contributed by atoms with van der Waals surface area (Å²) in [6.07, 6.45) is 5.61. The van der Waals surface area contributed by atoms with Gasteiger partial charge in [0, 0.05) is 29.2 Å². The highest BCUT2D eigenvalue weighted by Crippen LogP contribution is 2.30. The van der Waals surface area contributed by atoms with Crippen LogP contribution in [0.15, 0.2) is 73.3 Å². The van der Waals surface area contributed by atoms with Crippen molar-refractivity contribution in [3.05, 3.63) is 78.9 Å². The molecule has 3 heteroatoms. The molecule has 0 saturated heterocycles. The minimum Gasteiger partial charge on any atom is -0.299 e. The minimum absolute atomic E-state index is 1.00. The number of rotatable bonds is 2. The standard InChI is InChI=1S/C19H15N3.C2H6/c1-14-10-11-20-12-17(14)16-8-5-9-18-19(16)21-13-22(18)15-6-3-2-4-7-15;1-2/h2-13H,1H3;1-2H3. The molecule has 0 atom stereocenters. The molecular formula is C21H21N3. The summed E-state index contributed by atoms with van der Waals surface area (Å²) in [6.45, 7) is 6.10. The van der Waals surface area contributed by atoms with Crippen LogP contribution in [0, 0.1) is 6.92 Å². The number of hydrogen-bond acceptors (Lipinski definition) is 2. The van der Waals surface area contributed by atoms with E-state index >= 15 is 0 Å². The Labute approximate surface area is 142 Å². The average Bonchev–Trinajstić information content (AvgIpc) is 3.09. The molecular weight excluding hydrogens is 294 g/mol. The van der Waals surface area contributed by atoms with Crippen molar-refractivity contribution >= 4 is 11.0 Å². The first-order valence-electron chi connectivity index (χ1n) is 8.27. The van der Waals surface area contributed by atoms with Crippen LogP contribution in [-0.2, 0) is 0 Å².